The Bertz CT molecular complexity index is 838. The first-order valence-corrected chi connectivity index (χ1v) is 11.0. The molecule has 0 spiro atoms. The quantitative estimate of drug-likeness (QED) is 0.314. The summed E-state index contributed by atoms with van der Waals surface area (Å²) in [6, 6.07) is 8.34. The molecule has 8 heteroatoms. The van der Waals surface area contributed by atoms with E-state index in [9.17, 15) is 4.79 Å². The van der Waals surface area contributed by atoms with Gasteiger partial charge in [0.15, 0.2) is 5.96 Å². The smallest absolute Gasteiger partial charge is 0.224 e. The van der Waals surface area contributed by atoms with E-state index >= 15 is 0 Å². The van der Waals surface area contributed by atoms with E-state index in [4.69, 9.17) is 4.99 Å². The summed E-state index contributed by atoms with van der Waals surface area (Å²) in [5, 5.41) is 6.41. The fourth-order valence-electron chi connectivity index (χ4n) is 3.88. The Morgan fingerprint density at radius 1 is 1.32 bits per heavy atom. The molecule has 1 amide bonds. The summed E-state index contributed by atoms with van der Waals surface area (Å²) in [6.45, 7) is 9.71. The maximum atomic E-state index is 11.9. The lowest BCUT2D eigenvalue weighted by atomic mass is 9.93. The molecule has 2 N–H and O–H groups in total. The topological polar surface area (TPSA) is 74.6 Å². The predicted molar refractivity (Wildman–Crippen MR) is 137 cm³/mol. The highest BCUT2D eigenvalue weighted by Gasteiger charge is 2.28. The standard InChI is InChI=1S/C23H34N6O.HI/c1-4-7-22(30)27-20-9-6-8-19(14-20)15-26-23(25-5-2)28-12-10-18(3)21(16-28)29-13-11-24-17-29;/h6,8-9,11,13-14,17-18,21H,4-5,7,10,12,15-16H2,1-3H3,(H,25,26)(H,27,30);1H. The van der Waals surface area contributed by atoms with Gasteiger partial charge in [-0.2, -0.15) is 0 Å². The average Bonchev–Trinajstić information content (AvgIpc) is 3.27. The van der Waals surface area contributed by atoms with Crippen LogP contribution in [0.15, 0.2) is 48.0 Å². The van der Waals surface area contributed by atoms with Crippen molar-refractivity contribution < 1.29 is 4.79 Å². The maximum absolute atomic E-state index is 11.9. The highest BCUT2D eigenvalue weighted by molar-refractivity contribution is 14.0. The first-order valence-electron chi connectivity index (χ1n) is 11.0. The van der Waals surface area contributed by atoms with Crippen molar-refractivity contribution in [2.24, 2.45) is 10.9 Å². The summed E-state index contributed by atoms with van der Waals surface area (Å²) in [5.74, 6) is 1.59. The molecule has 170 valence electrons. The largest absolute Gasteiger partial charge is 0.357 e. The van der Waals surface area contributed by atoms with Crippen molar-refractivity contribution >= 4 is 41.5 Å². The van der Waals surface area contributed by atoms with Crippen molar-refractivity contribution in [3.63, 3.8) is 0 Å². The van der Waals surface area contributed by atoms with Gasteiger partial charge in [-0.1, -0.05) is 26.0 Å². The van der Waals surface area contributed by atoms with Crippen LogP contribution >= 0.6 is 24.0 Å². The van der Waals surface area contributed by atoms with Crippen LogP contribution in [0.3, 0.4) is 0 Å². The van der Waals surface area contributed by atoms with E-state index < -0.39 is 0 Å². The molecular formula is C23H35IN6O. The number of carbonyl (C=O) groups excluding carboxylic acids is 1. The van der Waals surface area contributed by atoms with Gasteiger partial charge in [0.2, 0.25) is 5.91 Å². The maximum Gasteiger partial charge on any atom is 0.224 e. The van der Waals surface area contributed by atoms with Crippen LogP contribution in [0.5, 0.6) is 0 Å². The van der Waals surface area contributed by atoms with Crippen LogP contribution in [-0.2, 0) is 11.3 Å². The number of rotatable bonds is 7. The minimum atomic E-state index is 0. The first kappa shape index (κ1) is 25.2. The number of aromatic nitrogens is 2. The molecule has 0 aliphatic carbocycles. The molecule has 31 heavy (non-hydrogen) atoms. The first-order chi connectivity index (χ1) is 14.6. The Morgan fingerprint density at radius 3 is 2.87 bits per heavy atom. The number of hydrogen-bond donors (Lipinski definition) is 2. The van der Waals surface area contributed by atoms with Crippen LogP contribution in [0, 0.1) is 5.92 Å². The summed E-state index contributed by atoms with van der Waals surface area (Å²) in [4.78, 5) is 23.3. The Balaban J connectivity index is 0.00000341. The molecule has 1 fully saturated rings. The van der Waals surface area contributed by atoms with Crippen LogP contribution < -0.4 is 10.6 Å². The SMILES string of the molecule is CCCC(=O)Nc1cccc(CN=C(NCC)N2CCC(C)C(n3ccnc3)C2)c1.I. The minimum Gasteiger partial charge on any atom is -0.357 e. The molecule has 7 nitrogen and oxygen atoms in total. The molecule has 0 saturated carbocycles. The number of likely N-dealkylation sites (tertiary alicyclic amines) is 1. The monoisotopic (exact) mass is 538 g/mol. The van der Waals surface area contributed by atoms with Crippen LogP contribution in [-0.4, -0.2) is 46.0 Å². The fourth-order valence-corrected chi connectivity index (χ4v) is 3.88. The van der Waals surface area contributed by atoms with Gasteiger partial charge in [0.1, 0.15) is 0 Å². The summed E-state index contributed by atoms with van der Waals surface area (Å²) in [5.41, 5.74) is 1.91. The van der Waals surface area contributed by atoms with Crippen molar-refractivity contribution in [2.45, 2.75) is 52.6 Å². The lowest BCUT2D eigenvalue weighted by Gasteiger charge is -2.39. The Morgan fingerprint density at radius 2 is 2.16 bits per heavy atom. The summed E-state index contributed by atoms with van der Waals surface area (Å²) < 4.78 is 2.21. The van der Waals surface area contributed by atoms with E-state index in [1.807, 2.05) is 43.8 Å². The van der Waals surface area contributed by atoms with Gasteiger partial charge >= 0.3 is 0 Å². The van der Waals surface area contributed by atoms with Gasteiger partial charge < -0.3 is 20.1 Å². The van der Waals surface area contributed by atoms with Gasteiger partial charge in [0.25, 0.3) is 0 Å². The number of hydrogen-bond acceptors (Lipinski definition) is 3. The second-order valence-corrected chi connectivity index (χ2v) is 7.96. The van der Waals surface area contributed by atoms with Crippen molar-refractivity contribution in [3.8, 4) is 0 Å². The second kappa shape index (κ2) is 12.7. The van der Waals surface area contributed by atoms with Crippen LogP contribution in [0.25, 0.3) is 0 Å². The Hall–Kier alpha value is -2.10. The molecule has 2 heterocycles. The fraction of sp³-hybridized carbons (Fsp3) is 0.522. The molecule has 1 aromatic carbocycles. The third kappa shape index (κ3) is 7.22. The molecule has 2 atom stereocenters. The predicted octanol–water partition coefficient (Wildman–Crippen LogP) is 4.29. The highest BCUT2D eigenvalue weighted by Crippen LogP contribution is 2.27. The van der Waals surface area contributed by atoms with E-state index in [1.165, 1.54) is 0 Å². The third-order valence-corrected chi connectivity index (χ3v) is 5.56. The minimum absolute atomic E-state index is 0. The van der Waals surface area contributed by atoms with E-state index in [2.05, 4.69) is 45.0 Å². The van der Waals surface area contributed by atoms with Gasteiger partial charge in [0.05, 0.1) is 18.9 Å². The second-order valence-electron chi connectivity index (χ2n) is 7.96. The van der Waals surface area contributed by atoms with Gasteiger partial charge in [-0.25, -0.2) is 9.98 Å². The van der Waals surface area contributed by atoms with Crippen LogP contribution in [0.2, 0.25) is 0 Å². The zero-order valence-electron chi connectivity index (χ0n) is 18.8. The number of nitrogens with zero attached hydrogens (tertiary/aromatic N) is 4. The number of carbonyl (C=O) groups is 1. The highest BCUT2D eigenvalue weighted by atomic mass is 127. The molecule has 1 aromatic heterocycles. The zero-order chi connectivity index (χ0) is 21.3. The molecule has 2 aromatic rings. The number of aliphatic imine (C=N–C) groups is 1. The summed E-state index contributed by atoms with van der Waals surface area (Å²) in [6.07, 6.45) is 8.30. The summed E-state index contributed by atoms with van der Waals surface area (Å²) in [7, 11) is 0. The number of anilines is 1. The molecule has 0 radical (unpaired) electrons. The van der Waals surface area contributed by atoms with Crippen LogP contribution in [0.1, 0.15) is 51.6 Å². The zero-order valence-corrected chi connectivity index (χ0v) is 21.1. The average molecular weight is 538 g/mol. The lowest BCUT2D eigenvalue weighted by Crippen LogP contribution is -2.49. The molecule has 3 rings (SSSR count). The van der Waals surface area contributed by atoms with Crippen molar-refractivity contribution in [3.05, 3.63) is 48.5 Å². The van der Waals surface area contributed by atoms with E-state index in [0.717, 1.165) is 49.7 Å². The van der Waals surface area contributed by atoms with Crippen molar-refractivity contribution in [1.29, 1.82) is 0 Å². The number of imidazole rings is 1. The Kier molecular flexibility index (Phi) is 10.3. The summed E-state index contributed by atoms with van der Waals surface area (Å²) >= 11 is 0. The van der Waals surface area contributed by atoms with Gasteiger partial charge in [-0.15, -0.1) is 24.0 Å². The molecular weight excluding hydrogens is 503 g/mol. The molecule has 1 aliphatic heterocycles. The molecule has 0 bridgehead atoms. The van der Waals surface area contributed by atoms with E-state index in [-0.39, 0.29) is 29.9 Å². The molecule has 2 unspecified atom stereocenters. The van der Waals surface area contributed by atoms with E-state index in [1.54, 1.807) is 0 Å². The lowest BCUT2D eigenvalue weighted by molar-refractivity contribution is -0.116. The number of guanidine groups is 1. The number of piperidine rings is 1. The third-order valence-electron chi connectivity index (χ3n) is 5.56. The number of benzene rings is 1. The Labute approximate surface area is 202 Å². The molecule has 1 saturated heterocycles. The number of nitrogens with one attached hydrogen (secondary N) is 2. The van der Waals surface area contributed by atoms with Crippen LogP contribution in [0.4, 0.5) is 5.69 Å². The number of halogens is 1. The van der Waals surface area contributed by atoms with E-state index in [0.29, 0.717) is 24.9 Å². The van der Waals surface area contributed by atoms with Crippen molar-refractivity contribution in [1.82, 2.24) is 19.8 Å². The van der Waals surface area contributed by atoms with Gasteiger partial charge in [-0.05, 0) is 43.4 Å². The van der Waals surface area contributed by atoms with Gasteiger partial charge in [-0.3, -0.25) is 4.79 Å². The normalized spacial score (nSPS) is 18.9. The van der Waals surface area contributed by atoms with Gasteiger partial charge in [0, 0.05) is 44.1 Å². The molecule has 1 aliphatic rings. The number of amides is 1. The van der Waals surface area contributed by atoms with Crippen molar-refractivity contribution in [2.75, 3.05) is 25.0 Å².